The van der Waals surface area contributed by atoms with Crippen molar-refractivity contribution < 1.29 is 4.92 Å². The summed E-state index contributed by atoms with van der Waals surface area (Å²) in [5, 5.41) is 16.8. The molecule has 0 bridgehead atoms. The molecule has 0 aliphatic carbocycles. The number of non-ortho nitro benzene ring substituents is 1. The number of hydrogen-bond acceptors (Lipinski definition) is 4. The highest BCUT2D eigenvalue weighted by Crippen LogP contribution is 2.35. The molecule has 4 aromatic rings. The lowest BCUT2D eigenvalue weighted by atomic mass is 10.2. The summed E-state index contributed by atoms with van der Waals surface area (Å²) in [5.41, 5.74) is 2.86. The fraction of sp³-hybridized carbons (Fsp3) is 0.0500. The molecule has 1 aromatic heterocycles. The molecule has 0 saturated heterocycles. The first kappa shape index (κ1) is 16.4. The van der Waals surface area contributed by atoms with Crippen molar-refractivity contribution in [3.8, 4) is 5.69 Å². The predicted octanol–water partition coefficient (Wildman–Crippen LogP) is 5.23. The van der Waals surface area contributed by atoms with Gasteiger partial charge in [-0.25, -0.2) is 4.68 Å². The summed E-state index contributed by atoms with van der Waals surface area (Å²) in [4.78, 5) is 11.9. The largest absolute Gasteiger partial charge is 0.272 e. The van der Waals surface area contributed by atoms with E-state index in [0.717, 1.165) is 27.2 Å². The number of fused-ring (bicyclic) bond motifs is 1. The number of nitro groups is 1. The van der Waals surface area contributed by atoms with Gasteiger partial charge in [0.05, 0.1) is 22.3 Å². The highest BCUT2D eigenvalue weighted by molar-refractivity contribution is 7.98. The number of para-hydroxylation sites is 1. The van der Waals surface area contributed by atoms with Gasteiger partial charge in [-0.15, -0.1) is 11.8 Å². The Balaban J connectivity index is 1.79. The van der Waals surface area contributed by atoms with Crippen LogP contribution in [0.5, 0.6) is 0 Å². The van der Waals surface area contributed by atoms with Gasteiger partial charge >= 0.3 is 0 Å². The third-order valence-electron chi connectivity index (χ3n) is 4.08. The van der Waals surface area contributed by atoms with E-state index in [-0.39, 0.29) is 10.6 Å². The van der Waals surface area contributed by atoms with E-state index in [1.807, 2.05) is 48.5 Å². The first-order valence-electron chi connectivity index (χ1n) is 8.11. The van der Waals surface area contributed by atoms with E-state index in [1.54, 1.807) is 34.8 Å². The van der Waals surface area contributed by atoms with Crippen LogP contribution in [0.1, 0.15) is 5.56 Å². The summed E-state index contributed by atoms with van der Waals surface area (Å²) in [7, 11) is 0. The van der Waals surface area contributed by atoms with Crippen molar-refractivity contribution in [3.05, 3.63) is 94.7 Å². The Hall–Kier alpha value is -3.12. The van der Waals surface area contributed by atoms with Crippen LogP contribution >= 0.6 is 11.8 Å². The summed E-state index contributed by atoms with van der Waals surface area (Å²) >= 11 is 1.59. The highest BCUT2D eigenvalue weighted by Gasteiger charge is 2.16. The summed E-state index contributed by atoms with van der Waals surface area (Å²) in [6.45, 7) is 0. The summed E-state index contributed by atoms with van der Waals surface area (Å²) in [5.74, 6) is 0.744. The average molecular weight is 361 g/mol. The molecule has 0 unspecified atom stereocenters. The van der Waals surface area contributed by atoms with Gasteiger partial charge in [-0.05, 0) is 17.7 Å². The number of nitro benzene ring substituents is 1. The van der Waals surface area contributed by atoms with E-state index in [2.05, 4.69) is 17.2 Å². The molecule has 128 valence electrons. The predicted molar refractivity (Wildman–Crippen MR) is 104 cm³/mol. The lowest BCUT2D eigenvalue weighted by Gasteiger charge is -2.06. The minimum Gasteiger partial charge on any atom is -0.258 e. The van der Waals surface area contributed by atoms with Crippen LogP contribution in [-0.2, 0) is 5.75 Å². The van der Waals surface area contributed by atoms with Crippen molar-refractivity contribution in [1.29, 1.82) is 0 Å². The molecular weight excluding hydrogens is 346 g/mol. The van der Waals surface area contributed by atoms with Crippen LogP contribution < -0.4 is 0 Å². The Kier molecular flexibility index (Phi) is 4.41. The van der Waals surface area contributed by atoms with Crippen LogP contribution in [0.3, 0.4) is 0 Å². The zero-order chi connectivity index (χ0) is 17.9. The lowest BCUT2D eigenvalue weighted by Crippen LogP contribution is -1.96. The van der Waals surface area contributed by atoms with Crippen LogP contribution in [-0.4, -0.2) is 14.7 Å². The maximum Gasteiger partial charge on any atom is 0.272 e. The Morgan fingerprint density at radius 3 is 2.38 bits per heavy atom. The minimum absolute atomic E-state index is 0.0748. The number of nitrogens with zero attached hydrogens (tertiary/aromatic N) is 3. The van der Waals surface area contributed by atoms with Gasteiger partial charge in [-0.2, -0.15) is 5.10 Å². The summed E-state index contributed by atoms with van der Waals surface area (Å²) in [6, 6.07) is 22.9. The molecule has 3 aromatic carbocycles. The Bertz CT molecular complexity index is 1060. The molecule has 0 saturated carbocycles. The van der Waals surface area contributed by atoms with Gasteiger partial charge in [0.15, 0.2) is 0 Å². The summed E-state index contributed by atoms with van der Waals surface area (Å²) in [6.07, 6.45) is 1.78. The Labute approximate surface area is 154 Å². The van der Waals surface area contributed by atoms with E-state index < -0.39 is 0 Å². The van der Waals surface area contributed by atoms with Gasteiger partial charge in [-0.1, -0.05) is 48.5 Å². The maximum atomic E-state index is 11.4. The fourth-order valence-corrected chi connectivity index (χ4v) is 3.85. The number of aromatic nitrogens is 2. The first-order chi connectivity index (χ1) is 12.7. The standard InChI is InChI=1S/C20H15N3O2S/c24-23(25)17-11-19-18(13-21-22(19)16-9-5-2-6-10-16)20(12-17)26-14-15-7-3-1-4-8-15/h1-13H,14H2. The van der Waals surface area contributed by atoms with Gasteiger partial charge < -0.3 is 0 Å². The molecule has 0 atom stereocenters. The van der Waals surface area contributed by atoms with Gasteiger partial charge in [0, 0.05) is 28.2 Å². The molecule has 6 heteroatoms. The zero-order valence-electron chi connectivity index (χ0n) is 13.8. The number of rotatable bonds is 5. The second-order valence-electron chi connectivity index (χ2n) is 5.80. The van der Waals surface area contributed by atoms with Crippen molar-refractivity contribution in [2.24, 2.45) is 0 Å². The molecule has 0 aliphatic rings. The molecule has 5 nitrogen and oxygen atoms in total. The van der Waals surface area contributed by atoms with E-state index in [9.17, 15) is 10.1 Å². The molecule has 26 heavy (non-hydrogen) atoms. The molecule has 4 rings (SSSR count). The number of thioether (sulfide) groups is 1. The molecule has 0 spiro atoms. The number of hydrogen-bond donors (Lipinski definition) is 0. The molecule has 0 aliphatic heterocycles. The van der Waals surface area contributed by atoms with Crippen molar-refractivity contribution >= 4 is 28.4 Å². The number of benzene rings is 3. The van der Waals surface area contributed by atoms with Gasteiger partial charge in [0.2, 0.25) is 0 Å². The lowest BCUT2D eigenvalue weighted by molar-refractivity contribution is -0.384. The van der Waals surface area contributed by atoms with Crippen molar-refractivity contribution in [2.75, 3.05) is 0 Å². The van der Waals surface area contributed by atoms with Crippen LogP contribution in [0.4, 0.5) is 5.69 Å². The van der Waals surface area contributed by atoms with Crippen LogP contribution in [0.25, 0.3) is 16.6 Å². The van der Waals surface area contributed by atoms with Gasteiger partial charge in [0.25, 0.3) is 5.69 Å². The van der Waals surface area contributed by atoms with Crippen LogP contribution in [0, 0.1) is 10.1 Å². The van der Waals surface area contributed by atoms with E-state index in [1.165, 1.54) is 5.56 Å². The summed E-state index contributed by atoms with van der Waals surface area (Å²) < 4.78 is 1.74. The highest BCUT2D eigenvalue weighted by atomic mass is 32.2. The molecule has 0 amide bonds. The van der Waals surface area contributed by atoms with Gasteiger partial charge in [-0.3, -0.25) is 10.1 Å². The normalized spacial score (nSPS) is 10.9. The van der Waals surface area contributed by atoms with Crippen molar-refractivity contribution in [1.82, 2.24) is 9.78 Å². The van der Waals surface area contributed by atoms with E-state index in [4.69, 9.17) is 0 Å². The molecule has 0 radical (unpaired) electrons. The molecule has 1 heterocycles. The SMILES string of the molecule is O=[N+]([O-])c1cc(SCc2ccccc2)c2cnn(-c3ccccc3)c2c1. The van der Waals surface area contributed by atoms with E-state index in [0.29, 0.717) is 0 Å². The monoisotopic (exact) mass is 361 g/mol. The smallest absolute Gasteiger partial charge is 0.258 e. The average Bonchev–Trinajstić information content (AvgIpc) is 3.11. The molecular formula is C20H15N3O2S. The minimum atomic E-state index is -0.353. The second-order valence-corrected chi connectivity index (χ2v) is 6.82. The van der Waals surface area contributed by atoms with E-state index >= 15 is 0 Å². The third-order valence-corrected chi connectivity index (χ3v) is 5.21. The zero-order valence-corrected chi connectivity index (χ0v) is 14.6. The molecule has 0 N–H and O–H groups in total. The molecule has 0 fully saturated rings. The van der Waals surface area contributed by atoms with Gasteiger partial charge in [0.1, 0.15) is 0 Å². The topological polar surface area (TPSA) is 61.0 Å². The second kappa shape index (κ2) is 7.01. The Morgan fingerprint density at radius 1 is 1.00 bits per heavy atom. The maximum absolute atomic E-state index is 11.4. The van der Waals surface area contributed by atoms with Crippen molar-refractivity contribution in [3.63, 3.8) is 0 Å². The Morgan fingerprint density at radius 2 is 1.69 bits per heavy atom. The quantitative estimate of drug-likeness (QED) is 0.277. The third kappa shape index (κ3) is 3.19. The first-order valence-corrected chi connectivity index (χ1v) is 9.09. The van der Waals surface area contributed by atoms with Crippen LogP contribution in [0.2, 0.25) is 0 Å². The van der Waals surface area contributed by atoms with Crippen LogP contribution in [0.15, 0.2) is 83.9 Å². The van der Waals surface area contributed by atoms with Crippen molar-refractivity contribution in [2.45, 2.75) is 10.6 Å². The fourth-order valence-electron chi connectivity index (χ4n) is 2.82.